The van der Waals surface area contributed by atoms with Gasteiger partial charge in [-0.05, 0) is 47.2 Å². The highest BCUT2D eigenvalue weighted by molar-refractivity contribution is 7.99. The molecule has 2 aromatic rings. The molecule has 5 heteroatoms. The van der Waals surface area contributed by atoms with Crippen molar-refractivity contribution >= 4 is 11.8 Å². The van der Waals surface area contributed by atoms with Crippen LogP contribution in [0.4, 0.5) is 0 Å². The molecule has 1 fully saturated rings. The number of para-hydroxylation sites is 1. The van der Waals surface area contributed by atoms with Crippen molar-refractivity contribution < 1.29 is 0 Å². The molecule has 1 aliphatic carbocycles. The molecule has 0 spiro atoms. The standard InChI is InChI=1S/C17H24N4S/c1-2-6-14-9-11-15(12-10-14)13-22-17-18-19-20-21(17)16-7-4-3-5-8-16/h3-5,7-8,14-15H,2,6,9-13H2,1H3/t14-,15-. The molecule has 1 aromatic carbocycles. The molecule has 1 aliphatic rings. The molecule has 0 unspecified atom stereocenters. The topological polar surface area (TPSA) is 43.6 Å². The minimum absolute atomic E-state index is 0.819. The number of hydrogen-bond donors (Lipinski definition) is 0. The molecule has 22 heavy (non-hydrogen) atoms. The summed E-state index contributed by atoms with van der Waals surface area (Å²) in [5.41, 5.74) is 1.03. The Morgan fingerprint density at radius 1 is 1.09 bits per heavy atom. The predicted molar refractivity (Wildman–Crippen MR) is 90.2 cm³/mol. The summed E-state index contributed by atoms with van der Waals surface area (Å²) in [5, 5.41) is 13.1. The third-order valence-corrected chi connectivity index (χ3v) is 5.70. The zero-order valence-corrected chi connectivity index (χ0v) is 14.0. The molecule has 0 aliphatic heterocycles. The van der Waals surface area contributed by atoms with Crippen molar-refractivity contribution in [2.45, 2.75) is 50.6 Å². The van der Waals surface area contributed by atoms with Crippen LogP contribution in [0, 0.1) is 11.8 Å². The lowest BCUT2D eigenvalue weighted by atomic mass is 9.81. The van der Waals surface area contributed by atoms with Gasteiger partial charge in [0.15, 0.2) is 0 Å². The van der Waals surface area contributed by atoms with Gasteiger partial charge in [0.1, 0.15) is 0 Å². The number of hydrogen-bond acceptors (Lipinski definition) is 4. The van der Waals surface area contributed by atoms with Gasteiger partial charge >= 0.3 is 0 Å². The second kappa shape index (κ2) is 7.77. The zero-order chi connectivity index (χ0) is 15.2. The van der Waals surface area contributed by atoms with Crippen molar-refractivity contribution in [3.8, 4) is 5.69 Å². The summed E-state index contributed by atoms with van der Waals surface area (Å²) in [6.45, 7) is 2.30. The van der Waals surface area contributed by atoms with Gasteiger partial charge in [0.25, 0.3) is 0 Å². The fourth-order valence-electron chi connectivity index (χ4n) is 3.29. The second-order valence-electron chi connectivity index (χ2n) is 6.20. The van der Waals surface area contributed by atoms with Crippen molar-refractivity contribution in [1.29, 1.82) is 0 Å². The third-order valence-electron chi connectivity index (χ3n) is 4.55. The van der Waals surface area contributed by atoms with E-state index in [2.05, 4.69) is 22.4 Å². The molecule has 0 atom stereocenters. The lowest BCUT2D eigenvalue weighted by Crippen LogP contribution is -2.16. The van der Waals surface area contributed by atoms with E-state index in [4.69, 9.17) is 0 Å². The van der Waals surface area contributed by atoms with Crippen LogP contribution in [0.1, 0.15) is 45.4 Å². The first kappa shape index (κ1) is 15.5. The maximum absolute atomic E-state index is 4.19. The highest BCUT2D eigenvalue weighted by Gasteiger charge is 2.21. The Kier molecular flexibility index (Phi) is 5.48. The molecule has 118 valence electrons. The fraction of sp³-hybridized carbons (Fsp3) is 0.588. The molecule has 4 nitrogen and oxygen atoms in total. The first-order chi connectivity index (χ1) is 10.9. The van der Waals surface area contributed by atoms with E-state index in [-0.39, 0.29) is 0 Å². The molecule has 3 rings (SSSR count). The summed E-state index contributed by atoms with van der Waals surface area (Å²) in [7, 11) is 0. The van der Waals surface area contributed by atoms with Crippen molar-refractivity contribution in [2.75, 3.05) is 5.75 Å². The zero-order valence-electron chi connectivity index (χ0n) is 13.2. The second-order valence-corrected chi connectivity index (χ2v) is 7.18. The van der Waals surface area contributed by atoms with E-state index in [1.807, 2.05) is 35.0 Å². The maximum Gasteiger partial charge on any atom is 0.214 e. The summed E-state index contributed by atoms with van der Waals surface area (Å²) in [6.07, 6.45) is 8.28. The minimum atomic E-state index is 0.819. The van der Waals surface area contributed by atoms with Gasteiger partial charge in [0, 0.05) is 5.75 Å². The van der Waals surface area contributed by atoms with Crippen molar-refractivity contribution in [1.82, 2.24) is 20.2 Å². The molecule has 0 amide bonds. The van der Waals surface area contributed by atoms with Gasteiger partial charge in [-0.3, -0.25) is 0 Å². The van der Waals surface area contributed by atoms with Crippen LogP contribution in [-0.4, -0.2) is 26.0 Å². The van der Waals surface area contributed by atoms with E-state index in [1.165, 1.54) is 38.5 Å². The van der Waals surface area contributed by atoms with Crippen LogP contribution in [0.2, 0.25) is 0 Å². The molecule has 0 saturated heterocycles. The first-order valence-electron chi connectivity index (χ1n) is 8.33. The first-order valence-corrected chi connectivity index (χ1v) is 9.32. The van der Waals surface area contributed by atoms with E-state index >= 15 is 0 Å². The summed E-state index contributed by atoms with van der Waals surface area (Å²) >= 11 is 1.80. The van der Waals surface area contributed by atoms with Crippen LogP contribution in [0.15, 0.2) is 35.5 Å². The van der Waals surface area contributed by atoms with Gasteiger partial charge in [0.2, 0.25) is 5.16 Å². The van der Waals surface area contributed by atoms with Crippen molar-refractivity contribution in [3.63, 3.8) is 0 Å². The molecule has 1 heterocycles. The maximum atomic E-state index is 4.19. The number of tetrazole rings is 1. The lowest BCUT2D eigenvalue weighted by Gasteiger charge is -2.27. The predicted octanol–water partition coefficient (Wildman–Crippen LogP) is 4.36. The summed E-state index contributed by atoms with van der Waals surface area (Å²) in [6, 6.07) is 10.1. The van der Waals surface area contributed by atoms with Crippen LogP contribution in [0.5, 0.6) is 0 Å². The van der Waals surface area contributed by atoms with Crippen molar-refractivity contribution in [3.05, 3.63) is 30.3 Å². The molecular weight excluding hydrogens is 292 g/mol. The van der Waals surface area contributed by atoms with Crippen molar-refractivity contribution in [2.24, 2.45) is 11.8 Å². The Morgan fingerprint density at radius 3 is 2.55 bits per heavy atom. The Bertz CT molecular complexity index is 561. The fourth-order valence-corrected chi connectivity index (χ4v) is 4.36. The highest BCUT2D eigenvalue weighted by Crippen LogP contribution is 2.34. The average Bonchev–Trinajstić information content (AvgIpc) is 3.04. The van der Waals surface area contributed by atoms with Gasteiger partial charge < -0.3 is 0 Å². The van der Waals surface area contributed by atoms with Gasteiger partial charge in [-0.25, -0.2) is 0 Å². The minimum Gasteiger partial charge on any atom is -0.188 e. The number of thioether (sulfide) groups is 1. The molecule has 0 bridgehead atoms. The van der Waals surface area contributed by atoms with Gasteiger partial charge in [-0.15, -0.1) is 5.10 Å². The van der Waals surface area contributed by atoms with E-state index in [1.54, 1.807) is 11.8 Å². The smallest absolute Gasteiger partial charge is 0.188 e. The molecular formula is C17H24N4S. The van der Waals surface area contributed by atoms with Gasteiger partial charge in [-0.1, -0.05) is 62.6 Å². The monoisotopic (exact) mass is 316 g/mol. The summed E-state index contributed by atoms with van der Waals surface area (Å²) in [4.78, 5) is 0. The van der Waals surface area contributed by atoms with E-state index < -0.39 is 0 Å². The number of rotatable bonds is 6. The Labute approximate surface area is 136 Å². The number of nitrogens with zero attached hydrogens (tertiary/aromatic N) is 4. The van der Waals surface area contributed by atoms with Crippen LogP contribution in [0.3, 0.4) is 0 Å². The number of aromatic nitrogens is 4. The number of benzene rings is 1. The van der Waals surface area contributed by atoms with Crippen LogP contribution in [0.25, 0.3) is 5.69 Å². The Balaban J connectivity index is 1.54. The SMILES string of the molecule is CCC[C@H]1CC[C@H](CSc2nnnn2-c2ccccc2)CC1. The Hall–Kier alpha value is -1.36. The molecule has 1 aromatic heterocycles. The van der Waals surface area contributed by atoms with Crippen LogP contribution in [-0.2, 0) is 0 Å². The highest BCUT2D eigenvalue weighted by atomic mass is 32.2. The largest absolute Gasteiger partial charge is 0.214 e. The molecule has 0 N–H and O–H groups in total. The molecule has 1 saturated carbocycles. The van der Waals surface area contributed by atoms with Crippen LogP contribution >= 0.6 is 11.8 Å². The van der Waals surface area contributed by atoms with Crippen LogP contribution < -0.4 is 0 Å². The van der Waals surface area contributed by atoms with Gasteiger partial charge in [0.05, 0.1) is 5.69 Å². The van der Waals surface area contributed by atoms with E-state index in [0.717, 1.165) is 28.4 Å². The quantitative estimate of drug-likeness (QED) is 0.743. The molecule has 0 radical (unpaired) electrons. The normalized spacial score (nSPS) is 21.9. The van der Waals surface area contributed by atoms with Gasteiger partial charge in [-0.2, -0.15) is 4.68 Å². The third kappa shape index (κ3) is 3.88. The van der Waals surface area contributed by atoms with E-state index in [0.29, 0.717) is 0 Å². The van der Waals surface area contributed by atoms with E-state index in [9.17, 15) is 0 Å². The summed E-state index contributed by atoms with van der Waals surface area (Å²) < 4.78 is 1.84. The lowest BCUT2D eigenvalue weighted by molar-refractivity contribution is 0.279. The Morgan fingerprint density at radius 2 is 1.82 bits per heavy atom. The summed E-state index contributed by atoms with van der Waals surface area (Å²) in [5.74, 6) is 2.92. The average molecular weight is 316 g/mol.